The third-order valence-electron chi connectivity index (χ3n) is 8.94. The lowest BCUT2D eigenvalue weighted by Gasteiger charge is -2.22. The van der Waals surface area contributed by atoms with Crippen molar-refractivity contribution in [3.63, 3.8) is 0 Å². The number of ketones is 1. The van der Waals surface area contributed by atoms with E-state index < -0.39 is 12.2 Å². The fourth-order valence-electron chi connectivity index (χ4n) is 6.37. The molecule has 0 aromatic rings. The van der Waals surface area contributed by atoms with Crippen molar-refractivity contribution in [1.29, 1.82) is 0 Å². The van der Waals surface area contributed by atoms with Gasteiger partial charge in [-0.05, 0) is 71.1 Å². The number of aliphatic hydroxyl groups is 2. The number of unbranched alkanes of at least 4 members (excludes halogenated alkanes) is 13. The molecule has 2 fully saturated rings. The van der Waals surface area contributed by atoms with Crippen molar-refractivity contribution in [3.05, 3.63) is 12.2 Å². The van der Waals surface area contributed by atoms with Crippen molar-refractivity contribution in [1.82, 2.24) is 0 Å². The standard InChI is InChI=1S/C35H62O6/c1-3-4-5-6-7-8-9-13-16-19-22-31(37)33-24-25-34(41-33)32(38)23-20-17-14-11-10-12-15-18-21-30-27-29(26-28(2)36)35(39)40-30/h14,17,29-34,37-38H,3-13,15-16,18-27H2,1-2H3/b17-14-/t29?,30-,31-,32-,33-,34-/m1/s1. The molecular formula is C35H62O6. The zero-order valence-electron chi connectivity index (χ0n) is 26.4. The second kappa shape index (κ2) is 22.3. The van der Waals surface area contributed by atoms with Gasteiger partial charge < -0.3 is 24.5 Å². The lowest BCUT2D eigenvalue weighted by Crippen LogP contribution is -2.30. The van der Waals surface area contributed by atoms with Crippen LogP contribution in [0.1, 0.15) is 162 Å². The van der Waals surface area contributed by atoms with Gasteiger partial charge in [-0.1, -0.05) is 96.1 Å². The van der Waals surface area contributed by atoms with E-state index in [2.05, 4.69) is 19.1 Å². The molecule has 0 aromatic heterocycles. The van der Waals surface area contributed by atoms with Crippen LogP contribution in [0.15, 0.2) is 12.2 Å². The van der Waals surface area contributed by atoms with E-state index in [0.717, 1.165) is 70.6 Å². The predicted molar refractivity (Wildman–Crippen MR) is 166 cm³/mol. The molecule has 238 valence electrons. The molecule has 0 radical (unpaired) electrons. The number of allylic oxidation sites excluding steroid dienone is 2. The van der Waals surface area contributed by atoms with E-state index in [1.807, 2.05) is 0 Å². The van der Waals surface area contributed by atoms with Gasteiger partial charge in [-0.25, -0.2) is 0 Å². The van der Waals surface area contributed by atoms with Crippen molar-refractivity contribution in [2.45, 2.75) is 192 Å². The van der Waals surface area contributed by atoms with Gasteiger partial charge in [0.25, 0.3) is 0 Å². The molecule has 0 aliphatic carbocycles. The minimum atomic E-state index is -0.464. The number of cyclic esters (lactones) is 1. The first-order valence-corrected chi connectivity index (χ1v) is 17.3. The molecule has 6 heteroatoms. The third-order valence-corrected chi connectivity index (χ3v) is 8.94. The number of hydrogen-bond donors (Lipinski definition) is 2. The van der Waals surface area contributed by atoms with Gasteiger partial charge in [-0.15, -0.1) is 0 Å². The maximum atomic E-state index is 11.8. The highest BCUT2D eigenvalue weighted by Crippen LogP contribution is 2.29. The molecule has 0 amide bonds. The quantitative estimate of drug-likeness (QED) is 0.0645. The maximum absolute atomic E-state index is 11.8. The van der Waals surface area contributed by atoms with Crippen molar-refractivity contribution >= 4 is 11.8 Å². The van der Waals surface area contributed by atoms with E-state index in [1.165, 1.54) is 64.7 Å². The van der Waals surface area contributed by atoms with Gasteiger partial charge >= 0.3 is 5.97 Å². The summed E-state index contributed by atoms with van der Waals surface area (Å²) in [5, 5.41) is 21.2. The molecule has 41 heavy (non-hydrogen) atoms. The average Bonchev–Trinajstić information content (AvgIpc) is 3.57. The highest BCUT2D eigenvalue weighted by atomic mass is 16.6. The van der Waals surface area contributed by atoms with E-state index in [-0.39, 0.29) is 36.0 Å². The fraction of sp³-hybridized carbons (Fsp3) is 0.886. The molecule has 2 N–H and O–H groups in total. The first-order valence-electron chi connectivity index (χ1n) is 17.3. The molecule has 0 spiro atoms. The first kappa shape index (κ1) is 36.0. The van der Waals surface area contributed by atoms with E-state index in [1.54, 1.807) is 0 Å². The van der Waals surface area contributed by atoms with Crippen LogP contribution in [0.5, 0.6) is 0 Å². The summed E-state index contributed by atoms with van der Waals surface area (Å²) in [5.41, 5.74) is 0. The van der Waals surface area contributed by atoms with E-state index in [0.29, 0.717) is 19.3 Å². The average molecular weight is 579 g/mol. The number of aliphatic hydroxyl groups excluding tert-OH is 2. The van der Waals surface area contributed by atoms with Gasteiger partial charge in [0.1, 0.15) is 11.9 Å². The Kier molecular flexibility index (Phi) is 19.6. The van der Waals surface area contributed by atoms with E-state index in [4.69, 9.17) is 9.47 Å². The van der Waals surface area contributed by atoms with Crippen LogP contribution in [0.25, 0.3) is 0 Å². The summed E-state index contributed by atoms with van der Waals surface area (Å²) in [5.74, 6) is -0.369. The largest absolute Gasteiger partial charge is 0.462 e. The van der Waals surface area contributed by atoms with Gasteiger partial charge in [0.15, 0.2) is 0 Å². The first-order chi connectivity index (χ1) is 19.9. The number of esters is 1. The Balaban J connectivity index is 1.40. The summed E-state index contributed by atoms with van der Waals surface area (Å²) >= 11 is 0. The van der Waals surface area contributed by atoms with E-state index >= 15 is 0 Å². The summed E-state index contributed by atoms with van der Waals surface area (Å²) < 4.78 is 11.5. The number of rotatable bonds is 25. The van der Waals surface area contributed by atoms with Crippen LogP contribution >= 0.6 is 0 Å². The molecule has 6 nitrogen and oxygen atoms in total. The molecule has 1 unspecified atom stereocenters. The lowest BCUT2D eigenvalue weighted by molar-refractivity contribution is -0.145. The molecule has 2 aliphatic heterocycles. The van der Waals surface area contributed by atoms with Crippen LogP contribution in [0.3, 0.4) is 0 Å². The zero-order valence-corrected chi connectivity index (χ0v) is 26.4. The van der Waals surface area contributed by atoms with Crippen LogP contribution in [-0.4, -0.2) is 52.5 Å². The molecule has 0 aromatic carbocycles. The van der Waals surface area contributed by atoms with Gasteiger partial charge in [0.05, 0.1) is 30.3 Å². The highest BCUT2D eigenvalue weighted by molar-refractivity contribution is 5.83. The van der Waals surface area contributed by atoms with Crippen molar-refractivity contribution in [2.24, 2.45) is 5.92 Å². The normalized spacial score (nSPS) is 24.2. The van der Waals surface area contributed by atoms with Crippen molar-refractivity contribution in [3.8, 4) is 0 Å². The summed E-state index contributed by atoms with van der Waals surface area (Å²) in [4.78, 5) is 23.1. The Morgan fingerprint density at radius 1 is 0.805 bits per heavy atom. The molecule has 0 saturated carbocycles. The molecule has 0 bridgehead atoms. The molecule has 2 heterocycles. The van der Waals surface area contributed by atoms with Crippen molar-refractivity contribution in [2.75, 3.05) is 0 Å². The number of carbonyl (C=O) groups excluding carboxylic acids is 2. The van der Waals surface area contributed by atoms with Gasteiger partial charge in [-0.3, -0.25) is 4.79 Å². The summed E-state index contributed by atoms with van der Waals surface area (Å²) in [6, 6.07) is 0. The van der Waals surface area contributed by atoms with Crippen LogP contribution in [0.4, 0.5) is 0 Å². The third kappa shape index (κ3) is 16.3. The molecule has 6 atom stereocenters. The van der Waals surface area contributed by atoms with Crippen LogP contribution in [0, 0.1) is 5.92 Å². The zero-order chi connectivity index (χ0) is 29.7. The van der Waals surface area contributed by atoms with E-state index in [9.17, 15) is 19.8 Å². The fourth-order valence-corrected chi connectivity index (χ4v) is 6.37. The summed E-state index contributed by atoms with van der Waals surface area (Å²) in [7, 11) is 0. The SMILES string of the molecule is CCCCCCCCCCCC[C@@H](O)[C@H]1CC[C@H]([C@H](O)CC/C=C\CCCCCC[C@@H]2CC(CC(C)=O)C(=O)O2)O1. The van der Waals surface area contributed by atoms with Crippen LogP contribution in [-0.2, 0) is 19.1 Å². The molecule has 2 rings (SSSR count). The minimum Gasteiger partial charge on any atom is -0.462 e. The minimum absolute atomic E-state index is 0.00917. The van der Waals surface area contributed by atoms with Gasteiger partial charge in [0, 0.05) is 6.42 Å². The van der Waals surface area contributed by atoms with Crippen LogP contribution in [0.2, 0.25) is 0 Å². The monoisotopic (exact) mass is 578 g/mol. The Morgan fingerprint density at radius 2 is 1.37 bits per heavy atom. The van der Waals surface area contributed by atoms with Crippen LogP contribution < -0.4 is 0 Å². The number of Topliss-reactive ketones (excluding diaryl/α,β-unsaturated/α-hetero) is 1. The number of ether oxygens (including phenoxy) is 2. The summed E-state index contributed by atoms with van der Waals surface area (Å²) in [6.07, 6.45) is 27.7. The van der Waals surface area contributed by atoms with Gasteiger partial charge in [-0.2, -0.15) is 0 Å². The highest BCUT2D eigenvalue weighted by Gasteiger charge is 2.35. The van der Waals surface area contributed by atoms with Gasteiger partial charge in [0.2, 0.25) is 0 Å². The Bertz CT molecular complexity index is 721. The molecule has 2 saturated heterocycles. The molecule has 2 aliphatic rings. The predicted octanol–water partition coefficient (Wildman–Crippen LogP) is 8.15. The second-order valence-electron chi connectivity index (χ2n) is 12.8. The number of carbonyl (C=O) groups is 2. The topological polar surface area (TPSA) is 93.1 Å². The Labute approximate surface area is 251 Å². The Hall–Kier alpha value is -1.24. The number of hydrogen-bond acceptors (Lipinski definition) is 6. The smallest absolute Gasteiger partial charge is 0.309 e. The summed E-state index contributed by atoms with van der Waals surface area (Å²) in [6.45, 7) is 3.79. The molecular weight excluding hydrogens is 516 g/mol. The maximum Gasteiger partial charge on any atom is 0.309 e. The second-order valence-corrected chi connectivity index (χ2v) is 12.8. The van der Waals surface area contributed by atoms with Crippen molar-refractivity contribution < 1.29 is 29.3 Å². The lowest BCUT2D eigenvalue weighted by atomic mass is 9.97. The Morgan fingerprint density at radius 3 is 2.02 bits per heavy atom.